The van der Waals surface area contributed by atoms with Crippen molar-refractivity contribution < 1.29 is 13.2 Å². The molecule has 0 aliphatic heterocycles. The third-order valence-corrected chi connectivity index (χ3v) is 4.15. The Morgan fingerprint density at radius 2 is 1.45 bits per heavy atom. The molecule has 0 amide bonds. The third kappa shape index (κ3) is 3.62. The summed E-state index contributed by atoms with van der Waals surface area (Å²) in [6, 6.07) is 0. The van der Waals surface area contributed by atoms with E-state index in [2.05, 4.69) is 0 Å². The quantitative estimate of drug-likeness (QED) is 0.535. The first-order valence-electron chi connectivity index (χ1n) is 3.47. The topological polar surface area (TPSA) is 0 Å². The van der Waals surface area contributed by atoms with Gasteiger partial charge < -0.3 is 0 Å². The summed E-state index contributed by atoms with van der Waals surface area (Å²) >= 11 is 1.86. The van der Waals surface area contributed by atoms with E-state index in [0.29, 0.717) is 0 Å². The van der Waals surface area contributed by atoms with Crippen molar-refractivity contribution in [2.45, 2.75) is 30.9 Å². The maximum Gasteiger partial charge on any atom is 0.392 e. The predicted molar refractivity (Wildman–Crippen MR) is 47.9 cm³/mol. The van der Waals surface area contributed by atoms with Gasteiger partial charge in [-0.05, 0) is 5.92 Å². The van der Waals surface area contributed by atoms with Gasteiger partial charge in [-0.1, -0.05) is 43.4 Å². The summed E-state index contributed by atoms with van der Waals surface area (Å²) in [4.78, 5) is 0. The van der Waals surface area contributed by atoms with E-state index in [1.807, 2.05) is 22.6 Å². The first kappa shape index (κ1) is 11.5. The largest absolute Gasteiger partial charge is 0.392 e. The summed E-state index contributed by atoms with van der Waals surface area (Å²) < 4.78 is 35.8. The Bertz CT molecular complexity index is 119. The first-order valence-corrected chi connectivity index (χ1v) is 4.72. The van der Waals surface area contributed by atoms with Crippen LogP contribution < -0.4 is 0 Å². The van der Waals surface area contributed by atoms with Crippen molar-refractivity contribution in [3.8, 4) is 0 Å². The zero-order valence-corrected chi connectivity index (χ0v) is 8.90. The van der Waals surface area contributed by atoms with E-state index in [-0.39, 0.29) is 9.84 Å². The molecule has 0 nitrogen and oxygen atoms in total. The molecule has 0 aromatic heterocycles. The average Bonchev–Trinajstić information content (AvgIpc) is 1.82. The van der Waals surface area contributed by atoms with Crippen LogP contribution >= 0.6 is 22.6 Å². The molecule has 0 aliphatic rings. The Balaban J connectivity index is 4.13. The minimum Gasteiger partial charge on any atom is -0.171 e. The lowest BCUT2D eigenvalue weighted by Crippen LogP contribution is -2.30. The molecule has 4 heteroatoms. The standard InChI is InChI=1S/C7H12F3I/c1-4(2)6(11)5(3)7(8,9)10/h4-6H,1-3H3. The summed E-state index contributed by atoms with van der Waals surface area (Å²) in [7, 11) is 0. The van der Waals surface area contributed by atoms with E-state index in [0.717, 1.165) is 0 Å². The van der Waals surface area contributed by atoms with Crippen molar-refractivity contribution in [3.05, 3.63) is 0 Å². The van der Waals surface area contributed by atoms with Gasteiger partial charge in [-0.15, -0.1) is 0 Å². The molecule has 2 atom stereocenters. The zero-order valence-electron chi connectivity index (χ0n) is 6.74. The molecule has 68 valence electrons. The van der Waals surface area contributed by atoms with Crippen LogP contribution in [-0.4, -0.2) is 10.1 Å². The van der Waals surface area contributed by atoms with Crippen molar-refractivity contribution in [2.75, 3.05) is 0 Å². The van der Waals surface area contributed by atoms with E-state index in [4.69, 9.17) is 0 Å². The van der Waals surface area contributed by atoms with Crippen LogP contribution in [0.25, 0.3) is 0 Å². The highest BCUT2D eigenvalue weighted by molar-refractivity contribution is 14.1. The Labute approximate surface area is 78.7 Å². The molecule has 0 rings (SSSR count). The van der Waals surface area contributed by atoms with Crippen LogP contribution in [0.5, 0.6) is 0 Å². The van der Waals surface area contributed by atoms with Crippen LogP contribution in [0, 0.1) is 11.8 Å². The zero-order chi connectivity index (χ0) is 9.23. The van der Waals surface area contributed by atoms with Crippen molar-refractivity contribution in [2.24, 2.45) is 11.8 Å². The van der Waals surface area contributed by atoms with Gasteiger partial charge in [-0.3, -0.25) is 0 Å². The summed E-state index contributed by atoms with van der Waals surface area (Å²) in [5.41, 5.74) is 0. The maximum atomic E-state index is 12.1. The fraction of sp³-hybridized carbons (Fsp3) is 1.00. The molecule has 0 heterocycles. The van der Waals surface area contributed by atoms with Crippen molar-refractivity contribution in [1.29, 1.82) is 0 Å². The molecule has 0 fully saturated rings. The van der Waals surface area contributed by atoms with Crippen LogP contribution in [0.1, 0.15) is 20.8 Å². The van der Waals surface area contributed by atoms with Crippen LogP contribution in [0.4, 0.5) is 13.2 Å². The highest BCUT2D eigenvalue weighted by atomic mass is 127. The van der Waals surface area contributed by atoms with E-state index in [1.165, 1.54) is 6.92 Å². The smallest absolute Gasteiger partial charge is 0.171 e. The molecule has 0 saturated heterocycles. The second-order valence-corrected chi connectivity index (χ2v) is 4.46. The minimum atomic E-state index is -4.05. The highest BCUT2D eigenvalue weighted by Crippen LogP contribution is 2.35. The van der Waals surface area contributed by atoms with E-state index >= 15 is 0 Å². The summed E-state index contributed by atoms with van der Waals surface area (Å²) in [6.45, 7) is 4.84. The molecule has 2 unspecified atom stereocenters. The van der Waals surface area contributed by atoms with Gasteiger partial charge in [0.25, 0.3) is 0 Å². The van der Waals surface area contributed by atoms with Crippen molar-refractivity contribution in [1.82, 2.24) is 0 Å². The van der Waals surface area contributed by atoms with Crippen LogP contribution in [0.15, 0.2) is 0 Å². The van der Waals surface area contributed by atoms with Gasteiger partial charge in [0.1, 0.15) is 0 Å². The number of rotatable bonds is 2. The fourth-order valence-corrected chi connectivity index (χ4v) is 1.17. The van der Waals surface area contributed by atoms with E-state index in [1.54, 1.807) is 13.8 Å². The van der Waals surface area contributed by atoms with Gasteiger partial charge in [0.2, 0.25) is 0 Å². The van der Waals surface area contributed by atoms with Crippen molar-refractivity contribution >= 4 is 22.6 Å². The van der Waals surface area contributed by atoms with Crippen LogP contribution in [0.2, 0.25) is 0 Å². The average molecular weight is 280 g/mol. The van der Waals surface area contributed by atoms with E-state index in [9.17, 15) is 13.2 Å². The SMILES string of the molecule is CC(C)C(I)C(C)C(F)(F)F. The lowest BCUT2D eigenvalue weighted by Gasteiger charge is -2.23. The number of alkyl halides is 4. The third-order valence-electron chi connectivity index (χ3n) is 1.63. The molecule has 0 spiro atoms. The van der Waals surface area contributed by atoms with Gasteiger partial charge in [0, 0.05) is 3.92 Å². The monoisotopic (exact) mass is 280 g/mol. The fourth-order valence-electron chi connectivity index (χ4n) is 0.758. The minimum absolute atomic E-state index is 0.0761. The van der Waals surface area contributed by atoms with E-state index < -0.39 is 12.1 Å². The molecule has 0 N–H and O–H groups in total. The van der Waals surface area contributed by atoms with Gasteiger partial charge in [-0.25, -0.2) is 0 Å². The Morgan fingerprint density at radius 3 is 1.55 bits per heavy atom. The molecular formula is C7H12F3I. The lowest BCUT2D eigenvalue weighted by atomic mass is 9.98. The highest BCUT2D eigenvalue weighted by Gasteiger charge is 2.40. The summed E-state index contributed by atoms with van der Waals surface area (Å²) in [6.07, 6.45) is -4.05. The van der Waals surface area contributed by atoms with Gasteiger partial charge >= 0.3 is 6.18 Å². The Hall–Kier alpha value is 0.520. The van der Waals surface area contributed by atoms with Crippen LogP contribution in [0.3, 0.4) is 0 Å². The molecule has 11 heavy (non-hydrogen) atoms. The summed E-state index contributed by atoms with van der Waals surface area (Å²) in [5.74, 6) is -1.13. The second kappa shape index (κ2) is 3.96. The normalized spacial score (nSPS) is 18.5. The molecular weight excluding hydrogens is 268 g/mol. The van der Waals surface area contributed by atoms with Crippen LogP contribution in [-0.2, 0) is 0 Å². The van der Waals surface area contributed by atoms with Gasteiger partial charge in [0.15, 0.2) is 0 Å². The van der Waals surface area contributed by atoms with Crippen molar-refractivity contribution in [3.63, 3.8) is 0 Å². The summed E-state index contributed by atoms with van der Waals surface area (Å²) in [5, 5.41) is 0. The Morgan fingerprint density at radius 1 is 1.09 bits per heavy atom. The number of hydrogen-bond acceptors (Lipinski definition) is 0. The molecule has 0 bridgehead atoms. The predicted octanol–water partition coefficient (Wildman–Crippen LogP) is 3.64. The number of hydrogen-bond donors (Lipinski definition) is 0. The second-order valence-electron chi connectivity index (χ2n) is 3.02. The number of halogens is 4. The molecule has 0 aromatic carbocycles. The molecule has 0 saturated carbocycles. The van der Waals surface area contributed by atoms with Gasteiger partial charge in [0.05, 0.1) is 5.92 Å². The lowest BCUT2D eigenvalue weighted by molar-refractivity contribution is -0.170. The maximum absolute atomic E-state index is 12.1. The molecule has 0 aliphatic carbocycles. The first-order chi connectivity index (χ1) is 4.76. The Kier molecular flexibility index (Phi) is 4.15. The van der Waals surface area contributed by atoms with Gasteiger partial charge in [-0.2, -0.15) is 13.2 Å². The molecule has 0 aromatic rings. The molecule has 0 radical (unpaired) electrons.